The second-order valence-corrected chi connectivity index (χ2v) is 4.44. The Labute approximate surface area is 108 Å². The van der Waals surface area contributed by atoms with Gasteiger partial charge in [-0.25, -0.2) is 9.18 Å². The number of nitro benzene ring substituents is 1. The molecule has 0 atom stereocenters. The molecule has 2 rings (SSSR count). The molecule has 0 saturated heterocycles. The van der Waals surface area contributed by atoms with E-state index in [-0.39, 0.29) is 12.4 Å². The zero-order chi connectivity index (χ0) is 14.0. The molecule has 1 aromatic carbocycles. The Hall–Kier alpha value is -2.18. The number of benzene rings is 1. The maximum absolute atomic E-state index is 13.4. The lowest BCUT2D eigenvalue weighted by Crippen LogP contribution is -2.06. The number of carboxylic acids is 1. The van der Waals surface area contributed by atoms with Gasteiger partial charge in [0.25, 0.3) is 0 Å². The standard InChI is InChI=1S/C12H12FNO5/c13-9-6-10(14(17)18)11(5-8(9)12(15)16)19-4-3-7-1-2-7/h5-7H,1-4H2,(H,15,16). The van der Waals surface area contributed by atoms with Crippen LogP contribution in [0.1, 0.15) is 29.6 Å². The highest BCUT2D eigenvalue weighted by molar-refractivity contribution is 5.89. The Bertz CT molecular complexity index is 527. The number of ether oxygens (including phenoxy) is 1. The largest absolute Gasteiger partial charge is 0.487 e. The summed E-state index contributed by atoms with van der Waals surface area (Å²) in [6.45, 7) is 0.260. The van der Waals surface area contributed by atoms with Crippen LogP contribution in [0.4, 0.5) is 10.1 Å². The fourth-order valence-electron chi connectivity index (χ4n) is 1.71. The molecule has 19 heavy (non-hydrogen) atoms. The number of rotatable bonds is 6. The molecule has 102 valence electrons. The fraction of sp³-hybridized carbons (Fsp3) is 0.417. The molecular formula is C12H12FNO5. The average Bonchev–Trinajstić information content (AvgIpc) is 3.13. The minimum atomic E-state index is -1.49. The number of aromatic carboxylic acids is 1. The molecule has 7 heteroatoms. The third-order valence-electron chi connectivity index (χ3n) is 2.96. The van der Waals surface area contributed by atoms with Crippen molar-refractivity contribution in [2.75, 3.05) is 6.61 Å². The first-order valence-corrected chi connectivity index (χ1v) is 5.83. The van der Waals surface area contributed by atoms with Crippen LogP contribution in [0.25, 0.3) is 0 Å². The Kier molecular flexibility index (Phi) is 3.64. The predicted octanol–water partition coefficient (Wildman–Crippen LogP) is 2.61. The van der Waals surface area contributed by atoms with Gasteiger partial charge >= 0.3 is 11.7 Å². The summed E-state index contributed by atoms with van der Waals surface area (Å²) in [6.07, 6.45) is 3.00. The Morgan fingerprint density at radius 1 is 1.53 bits per heavy atom. The first-order chi connectivity index (χ1) is 8.99. The van der Waals surface area contributed by atoms with Crippen LogP contribution in [-0.2, 0) is 0 Å². The Morgan fingerprint density at radius 2 is 2.21 bits per heavy atom. The topological polar surface area (TPSA) is 89.7 Å². The maximum Gasteiger partial charge on any atom is 0.338 e. The minimum absolute atomic E-state index is 0.204. The van der Waals surface area contributed by atoms with Crippen molar-refractivity contribution in [3.63, 3.8) is 0 Å². The van der Waals surface area contributed by atoms with Gasteiger partial charge in [-0.2, -0.15) is 0 Å². The van der Waals surface area contributed by atoms with E-state index in [9.17, 15) is 19.3 Å². The molecule has 0 aliphatic heterocycles. The Morgan fingerprint density at radius 3 is 2.74 bits per heavy atom. The van der Waals surface area contributed by atoms with E-state index in [0.29, 0.717) is 12.0 Å². The van der Waals surface area contributed by atoms with Crippen LogP contribution in [-0.4, -0.2) is 22.6 Å². The highest BCUT2D eigenvalue weighted by Crippen LogP contribution is 2.34. The van der Waals surface area contributed by atoms with E-state index in [1.807, 2.05) is 0 Å². The summed E-state index contributed by atoms with van der Waals surface area (Å²) >= 11 is 0. The van der Waals surface area contributed by atoms with Gasteiger partial charge in [-0.1, -0.05) is 12.8 Å². The van der Waals surface area contributed by atoms with Crippen molar-refractivity contribution in [1.29, 1.82) is 0 Å². The normalized spacial score (nSPS) is 14.2. The van der Waals surface area contributed by atoms with E-state index in [1.165, 1.54) is 0 Å². The van der Waals surface area contributed by atoms with Crippen LogP contribution in [0, 0.1) is 21.8 Å². The summed E-state index contributed by atoms with van der Waals surface area (Å²) < 4.78 is 18.6. The zero-order valence-corrected chi connectivity index (χ0v) is 9.97. The van der Waals surface area contributed by atoms with Crippen LogP contribution in [0.2, 0.25) is 0 Å². The van der Waals surface area contributed by atoms with Gasteiger partial charge in [0.1, 0.15) is 5.82 Å². The molecule has 0 heterocycles. The van der Waals surface area contributed by atoms with E-state index in [2.05, 4.69) is 0 Å². The molecule has 1 saturated carbocycles. The molecule has 0 radical (unpaired) electrons. The van der Waals surface area contributed by atoms with E-state index in [1.54, 1.807) is 0 Å². The molecule has 1 aliphatic carbocycles. The fourth-order valence-corrected chi connectivity index (χ4v) is 1.71. The number of hydrogen-bond donors (Lipinski definition) is 1. The van der Waals surface area contributed by atoms with Crippen molar-refractivity contribution < 1.29 is 24.0 Å². The number of hydrogen-bond acceptors (Lipinski definition) is 4. The Balaban J connectivity index is 2.22. The highest BCUT2D eigenvalue weighted by Gasteiger charge is 2.24. The SMILES string of the molecule is O=C(O)c1cc(OCCC2CC2)c([N+](=O)[O-])cc1F. The molecule has 6 nitrogen and oxygen atoms in total. The van der Waals surface area contributed by atoms with Crippen LogP contribution in [0.15, 0.2) is 12.1 Å². The van der Waals surface area contributed by atoms with Crippen LogP contribution < -0.4 is 4.74 Å². The smallest absolute Gasteiger partial charge is 0.338 e. The van der Waals surface area contributed by atoms with Crippen molar-refractivity contribution in [2.24, 2.45) is 5.92 Å². The van der Waals surface area contributed by atoms with Crippen molar-refractivity contribution in [2.45, 2.75) is 19.3 Å². The van der Waals surface area contributed by atoms with Crippen LogP contribution >= 0.6 is 0 Å². The highest BCUT2D eigenvalue weighted by atomic mass is 19.1. The zero-order valence-electron chi connectivity index (χ0n) is 9.97. The second kappa shape index (κ2) is 5.21. The third-order valence-corrected chi connectivity index (χ3v) is 2.96. The van der Waals surface area contributed by atoms with Gasteiger partial charge in [0.2, 0.25) is 0 Å². The summed E-state index contributed by atoms with van der Waals surface area (Å²) in [4.78, 5) is 20.8. The van der Waals surface area contributed by atoms with Gasteiger partial charge in [-0.3, -0.25) is 10.1 Å². The first-order valence-electron chi connectivity index (χ1n) is 5.83. The number of nitrogens with zero attached hydrogens (tertiary/aromatic N) is 1. The van der Waals surface area contributed by atoms with E-state index in [0.717, 1.165) is 25.3 Å². The summed E-state index contributed by atoms with van der Waals surface area (Å²) in [7, 11) is 0. The van der Waals surface area contributed by atoms with E-state index in [4.69, 9.17) is 9.84 Å². The van der Waals surface area contributed by atoms with Crippen molar-refractivity contribution >= 4 is 11.7 Å². The summed E-state index contributed by atoms with van der Waals surface area (Å²) in [6, 6.07) is 1.44. The number of carboxylic acid groups (broad SMARTS) is 1. The molecular weight excluding hydrogens is 257 g/mol. The lowest BCUT2D eigenvalue weighted by Gasteiger charge is -2.07. The molecule has 1 fully saturated rings. The van der Waals surface area contributed by atoms with Gasteiger partial charge in [-0.05, 0) is 12.3 Å². The number of carbonyl (C=O) groups is 1. The van der Waals surface area contributed by atoms with Crippen molar-refractivity contribution in [3.8, 4) is 5.75 Å². The van der Waals surface area contributed by atoms with Gasteiger partial charge < -0.3 is 9.84 Å². The van der Waals surface area contributed by atoms with Crippen LogP contribution in [0.3, 0.4) is 0 Å². The predicted molar refractivity (Wildman–Crippen MR) is 62.8 cm³/mol. The van der Waals surface area contributed by atoms with Crippen molar-refractivity contribution in [3.05, 3.63) is 33.6 Å². The van der Waals surface area contributed by atoms with Crippen molar-refractivity contribution in [1.82, 2.24) is 0 Å². The molecule has 0 unspecified atom stereocenters. The third kappa shape index (κ3) is 3.18. The molecule has 1 aromatic rings. The second-order valence-electron chi connectivity index (χ2n) is 4.44. The molecule has 1 N–H and O–H groups in total. The molecule has 1 aliphatic rings. The molecule has 0 aromatic heterocycles. The lowest BCUT2D eigenvalue weighted by atomic mass is 10.1. The number of nitro groups is 1. The summed E-state index contributed by atoms with van der Waals surface area (Å²) in [5, 5.41) is 19.6. The summed E-state index contributed by atoms with van der Waals surface area (Å²) in [5.74, 6) is -2.25. The quantitative estimate of drug-likeness (QED) is 0.633. The minimum Gasteiger partial charge on any atom is -0.487 e. The molecule has 0 spiro atoms. The monoisotopic (exact) mass is 269 g/mol. The van der Waals surface area contributed by atoms with Gasteiger partial charge in [0, 0.05) is 6.07 Å². The van der Waals surface area contributed by atoms with Crippen LogP contribution in [0.5, 0.6) is 5.75 Å². The van der Waals surface area contributed by atoms with Gasteiger partial charge in [0.15, 0.2) is 5.75 Å². The van der Waals surface area contributed by atoms with Gasteiger partial charge in [-0.15, -0.1) is 0 Å². The van der Waals surface area contributed by atoms with E-state index < -0.39 is 28.0 Å². The van der Waals surface area contributed by atoms with Gasteiger partial charge in [0.05, 0.1) is 23.2 Å². The number of halogens is 1. The first kappa shape index (κ1) is 13.3. The molecule has 0 bridgehead atoms. The molecule has 0 amide bonds. The van der Waals surface area contributed by atoms with E-state index >= 15 is 0 Å². The lowest BCUT2D eigenvalue weighted by molar-refractivity contribution is -0.386. The average molecular weight is 269 g/mol. The maximum atomic E-state index is 13.4. The summed E-state index contributed by atoms with van der Waals surface area (Å²) in [5.41, 5.74) is -1.19.